The summed E-state index contributed by atoms with van der Waals surface area (Å²) in [7, 11) is 0. The third-order valence-electron chi connectivity index (χ3n) is 5.49. The molecule has 150 valence electrons. The molecule has 0 fully saturated rings. The Morgan fingerprint density at radius 3 is 2.07 bits per heavy atom. The molecule has 1 N–H and O–H groups in total. The van der Waals surface area contributed by atoms with Crippen LogP contribution >= 0.6 is 0 Å². The smallest absolute Gasteiger partial charge is 0.185 e. The third kappa shape index (κ3) is 7.06. The van der Waals surface area contributed by atoms with E-state index in [1.807, 2.05) is 6.92 Å². The monoisotopic (exact) mass is 372 g/mol. The van der Waals surface area contributed by atoms with Gasteiger partial charge in [-0.05, 0) is 87.0 Å². The molecule has 0 amide bonds. The van der Waals surface area contributed by atoms with E-state index in [9.17, 15) is 14.7 Å². The lowest BCUT2D eigenvalue weighted by Gasteiger charge is -2.25. The van der Waals surface area contributed by atoms with Crippen LogP contribution in [0.4, 0.5) is 0 Å². The summed E-state index contributed by atoms with van der Waals surface area (Å²) >= 11 is 0. The van der Waals surface area contributed by atoms with Crippen molar-refractivity contribution in [3.8, 4) is 0 Å². The number of aliphatic hydroxyl groups is 1. The lowest BCUT2D eigenvalue weighted by Crippen LogP contribution is -2.26. The first-order valence-electron chi connectivity index (χ1n) is 9.94. The molecule has 1 atom stereocenters. The molecule has 1 aliphatic carbocycles. The van der Waals surface area contributed by atoms with E-state index < -0.39 is 5.60 Å². The van der Waals surface area contributed by atoms with Gasteiger partial charge in [-0.15, -0.1) is 0 Å². The van der Waals surface area contributed by atoms with Crippen molar-refractivity contribution in [3.63, 3.8) is 0 Å². The zero-order valence-corrected chi connectivity index (χ0v) is 18.2. The number of allylic oxidation sites excluding steroid dienone is 8. The van der Waals surface area contributed by atoms with Crippen LogP contribution in [0, 0.1) is 0 Å². The number of ketones is 2. The molecular formula is C24H36O3. The Hall–Kier alpha value is -1.74. The number of Topliss-reactive ketones (excluding diaryl/α,β-unsaturated/α-hetero) is 2. The van der Waals surface area contributed by atoms with Crippen molar-refractivity contribution in [2.45, 2.75) is 92.6 Å². The molecule has 0 spiro atoms. The number of carbonyl (C=O) groups is 2. The van der Waals surface area contributed by atoms with Gasteiger partial charge in [-0.3, -0.25) is 9.59 Å². The molecule has 0 saturated heterocycles. The van der Waals surface area contributed by atoms with E-state index in [4.69, 9.17) is 0 Å². The van der Waals surface area contributed by atoms with Crippen molar-refractivity contribution in [2.75, 3.05) is 0 Å². The molecule has 0 aromatic carbocycles. The number of hydrogen-bond acceptors (Lipinski definition) is 3. The van der Waals surface area contributed by atoms with Crippen LogP contribution in [0.15, 0.2) is 45.6 Å². The average Bonchev–Trinajstić information content (AvgIpc) is 2.57. The topological polar surface area (TPSA) is 54.4 Å². The SMILES string of the molecule is CC(C)=CCC/C(C)=C/CC[C@](C)(O)CCC1=C(C)C(=O)C(C)=C(C)C1=O. The molecule has 0 saturated carbocycles. The Bertz CT molecular complexity index is 708. The first-order valence-corrected chi connectivity index (χ1v) is 9.94. The minimum Gasteiger partial charge on any atom is -0.390 e. The van der Waals surface area contributed by atoms with Gasteiger partial charge >= 0.3 is 0 Å². The molecule has 27 heavy (non-hydrogen) atoms. The lowest BCUT2D eigenvalue weighted by atomic mass is 9.82. The van der Waals surface area contributed by atoms with Crippen molar-refractivity contribution >= 4 is 11.6 Å². The summed E-state index contributed by atoms with van der Waals surface area (Å²) in [6.07, 6.45) is 8.92. The highest BCUT2D eigenvalue weighted by Gasteiger charge is 2.29. The van der Waals surface area contributed by atoms with Gasteiger partial charge < -0.3 is 5.11 Å². The fourth-order valence-corrected chi connectivity index (χ4v) is 3.30. The van der Waals surface area contributed by atoms with E-state index in [0.717, 1.165) is 19.3 Å². The molecule has 3 nitrogen and oxygen atoms in total. The van der Waals surface area contributed by atoms with E-state index in [-0.39, 0.29) is 11.6 Å². The standard InChI is InChI=1S/C24H36O3/c1-16(2)10-8-11-17(3)12-9-14-24(7,27)15-13-21-20(6)22(25)18(4)19(5)23(21)26/h10,12,27H,8-9,11,13-15H2,1-7H3/b17-12+/t24-/m0/s1. The van der Waals surface area contributed by atoms with Gasteiger partial charge in [0.05, 0.1) is 5.60 Å². The second-order valence-electron chi connectivity index (χ2n) is 8.42. The Labute approximate surface area is 164 Å². The molecule has 3 heteroatoms. The Kier molecular flexibility index (Phi) is 8.61. The van der Waals surface area contributed by atoms with Gasteiger partial charge in [-0.2, -0.15) is 0 Å². The molecule has 0 radical (unpaired) electrons. The fourth-order valence-electron chi connectivity index (χ4n) is 3.30. The maximum Gasteiger partial charge on any atom is 0.185 e. The van der Waals surface area contributed by atoms with Crippen LogP contribution < -0.4 is 0 Å². The van der Waals surface area contributed by atoms with Gasteiger partial charge in [-0.25, -0.2) is 0 Å². The summed E-state index contributed by atoms with van der Waals surface area (Å²) in [6.45, 7) is 13.3. The van der Waals surface area contributed by atoms with Crippen LogP contribution in [-0.2, 0) is 9.59 Å². The second-order valence-corrected chi connectivity index (χ2v) is 8.42. The fraction of sp³-hybridized carbons (Fsp3) is 0.583. The minimum absolute atomic E-state index is 0.0448. The Morgan fingerprint density at radius 2 is 1.48 bits per heavy atom. The summed E-state index contributed by atoms with van der Waals surface area (Å²) < 4.78 is 0. The van der Waals surface area contributed by atoms with Crippen molar-refractivity contribution in [1.29, 1.82) is 0 Å². The normalized spacial score (nSPS) is 18.1. The zero-order valence-electron chi connectivity index (χ0n) is 18.2. The van der Waals surface area contributed by atoms with Crippen molar-refractivity contribution in [2.24, 2.45) is 0 Å². The molecular weight excluding hydrogens is 336 g/mol. The molecule has 0 unspecified atom stereocenters. The molecule has 1 rings (SSSR count). The van der Waals surface area contributed by atoms with Gasteiger partial charge in [0.1, 0.15) is 0 Å². The highest BCUT2D eigenvalue weighted by molar-refractivity contribution is 6.24. The summed E-state index contributed by atoms with van der Waals surface area (Å²) in [5, 5.41) is 10.7. The highest BCUT2D eigenvalue weighted by atomic mass is 16.3. The quantitative estimate of drug-likeness (QED) is 0.411. The van der Waals surface area contributed by atoms with Gasteiger partial charge in [0.2, 0.25) is 0 Å². The Morgan fingerprint density at radius 1 is 0.889 bits per heavy atom. The van der Waals surface area contributed by atoms with E-state index in [1.165, 1.54) is 11.1 Å². The predicted molar refractivity (Wildman–Crippen MR) is 113 cm³/mol. The number of hydrogen-bond donors (Lipinski definition) is 1. The van der Waals surface area contributed by atoms with Crippen LogP contribution in [0.25, 0.3) is 0 Å². The van der Waals surface area contributed by atoms with E-state index in [1.54, 1.807) is 20.8 Å². The molecule has 0 aromatic rings. The summed E-state index contributed by atoms with van der Waals surface area (Å²) in [4.78, 5) is 24.7. The predicted octanol–water partition coefficient (Wildman–Crippen LogP) is 5.80. The van der Waals surface area contributed by atoms with Crippen LogP contribution in [0.2, 0.25) is 0 Å². The molecule has 0 aromatic heterocycles. The zero-order chi connectivity index (χ0) is 20.8. The van der Waals surface area contributed by atoms with Gasteiger partial charge in [-0.1, -0.05) is 23.3 Å². The van der Waals surface area contributed by atoms with E-state index >= 15 is 0 Å². The van der Waals surface area contributed by atoms with Crippen molar-refractivity contribution in [1.82, 2.24) is 0 Å². The third-order valence-corrected chi connectivity index (χ3v) is 5.49. The number of rotatable bonds is 9. The number of carbonyl (C=O) groups excluding carboxylic acids is 2. The van der Waals surface area contributed by atoms with Gasteiger partial charge in [0.15, 0.2) is 11.6 Å². The van der Waals surface area contributed by atoms with Gasteiger partial charge in [0, 0.05) is 22.3 Å². The first kappa shape index (κ1) is 23.3. The Balaban J connectivity index is 2.60. The molecule has 1 aliphatic rings. The summed E-state index contributed by atoms with van der Waals surface area (Å²) in [5.41, 5.74) is 4.01. The average molecular weight is 373 g/mol. The second kappa shape index (κ2) is 9.98. The van der Waals surface area contributed by atoms with Crippen LogP contribution in [0.5, 0.6) is 0 Å². The van der Waals surface area contributed by atoms with Crippen molar-refractivity contribution in [3.05, 3.63) is 45.6 Å². The molecule has 0 bridgehead atoms. The molecule has 0 heterocycles. The van der Waals surface area contributed by atoms with E-state index in [0.29, 0.717) is 41.6 Å². The molecule has 0 aliphatic heterocycles. The highest BCUT2D eigenvalue weighted by Crippen LogP contribution is 2.30. The summed E-state index contributed by atoms with van der Waals surface area (Å²) in [6, 6.07) is 0. The lowest BCUT2D eigenvalue weighted by molar-refractivity contribution is -0.116. The van der Waals surface area contributed by atoms with Crippen LogP contribution in [-0.4, -0.2) is 22.3 Å². The summed E-state index contributed by atoms with van der Waals surface area (Å²) in [5.74, 6) is -0.0907. The van der Waals surface area contributed by atoms with Crippen LogP contribution in [0.3, 0.4) is 0 Å². The first-order chi connectivity index (χ1) is 12.5. The van der Waals surface area contributed by atoms with Crippen molar-refractivity contribution < 1.29 is 14.7 Å². The van der Waals surface area contributed by atoms with Crippen LogP contribution in [0.1, 0.15) is 87.0 Å². The van der Waals surface area contributed by atoms with E-state index in [2.05, 4.69) is 32.9 Å². The maximum absolute atomic E-state index is 12.5. The largest absolute Gasteiger partial charge is 0.390 e. The van der Waals surface area contributed by atoms with Gasteiger partial charge in [0.25, 0.3) is 0 Å². The minimum atomic E-state index is -0.850. The maximum atomic E-state index is 12.5.